The third kappa shape index (κ3) is 2.74. The van der Waals surface area contributed by atoms with Crippen molar-refractivity contribution in [2.45, 2.75) is 19.0 Å². The number of halogens is 1. The molecule has 0 radical (unpaired) electrons. The molecule has 1 aliphatic rings. The van der Waals surface area contributed by atoms with Gasteiger partial charge in [0, 0.05) is 23.6 Å². The number of carbonyl (C=O) groups is 2. The molecule has 0 aliphatic carbocycles. The molecule has 0 fully saturated rings. The van der Waals surface area contributed by atoms with Crippen molar-refractivity contribution in [2.75, 3.05) is 0 Å². The van der Waals surface area contributed by atoms with Gasteiger partial charge in [0.05, 0.1) is 0 Å². The van der Waals surface area contributed by atoms with Crippen LogP contribution in [0, 0.1) is 0 Å². The lowest BCUT2D eigenvalue weighted by Crippen LogP contribution is -2.48. The summed E-state index contributed by atoms with van der Waals surface area (Å²) in [6.07, 6.45) is 1.84. The molecular formula is C16H13BrN2O3. The summed E-state index contributed by atoms with van der Waals surface area (Å²) >= 11 is 3.27. The normalized spacial score (nSPS) is 17.0. The van der Waals surface area contributed by atoms with E-state index >= 15 is 0 Å². The Morgan fingerprint density at radius 1 is 1.18 bits per heavy atom. The molecule has 0 bridgehead atoms. The Morgan fingerprint density at radius 2 is 1.91 bits per heavy atom. The van der Waals surface area contributed by atoms with Crippen molar-refractivity contribution >= 4 is 27.8 Å². The number of pyridine rings is 1. The van der Waals surface area contributed by atoms with Crippen molar-refractivity contribution in [3.63, 3.8) is 0 Å². The van der Waals surface area contributed by atoms with Crippen molar-refractivity contribution in [3.8, 4) is 0 Å². The summed E-state index contributed by atoms with van der Waals surface area (Å²) in [5, 5.41) is 9.45. The van der Waals surface area contributed by atoms with Crippen LogP contribution in [0.25, 0.3) is 0 Å². The van der Waals surface area contributed by atoms with Crippen LogP contribution in [-0.2, 0) is 17.8 Å². The van der Waals surface area contributed by atoms with Gasteiger partial charge in [0.25, 0.3) is 5.91 Å². The van der Waals surface area contributed by atoms with E-state index in [1.807, 2.05) is 24.3 Å². The van der Waals surface area contributed by atoms with Gasteiger partial charge in [-0.05, 0) is 39.2 Å². The summed E-state index contributed by atoms with van der Waals surface area (Å²) in [6, 6.07) is 10.0. The fourth-order valence-electron chi connectivity index (χ4n) is 2.61. The molecule has 6 heteroatoms. The highest BCUT2D eigenvalue weighted by molar-refractivity contribution is 9.10. The van der Waals surface area contributed by atoms with E-state index < -0.39 is 12.0 Å². The maximum atomic E-state index is 12.6. The predicted octanol–water partition coefficient (Wildman–Crippen LogP) is 2.50. The lowest BCUT2D eigenvalue weighted by molar-refractivity contribution is -0.142. The molecule has 1 N–H and O–H groups in total. The van der Waals surface area contributed by atoms with Crippen molar-refractivity contribution in [3.05, 3.63) is 63.9 Å². The van der Waals surface area contributed by atoms with Crippen LogP contribution >= 0.6 is 15.9 Å². The van der Waals surface area contributed by atoms with Crippen LogP contribution in [0.15, 0.2) is 47.1 Å². The SMILES string of the molecule is O=C(O)C1Cc2ccccc2CN1C(=O)c1ccc(Br)cn1. The Hall–Kier alpha value is -2.21. The van der Waals surface area contributed by atoms with E-state index in [0.717, 1.165) is 15.6 Å². The quantitative estimate of drug-likeness (QED) is 0.892. The summed E-state index contributed by atoms with van der Waals surface area (Å²) in [4.78, 5) is 29.6. The first-order chi connectivity index (χ1) is 10.6. The summed E-state index contributed by atoms with van der Waals surface area (Å²) in [7, 11) is 0. The molecular weight excluding hydrogens is 348 g/mol. The molecule has 3 rings (SSSR count). The molecule has 1 aromatic carbocycles. The highest BCUT2D eigenvalue weighted by Gasteiger charge is 2.35. The molecule has 112 valence electrons. The number of carbonyl (C=O) groups excluding carboxylic acids is 1. The number of fused-ring (bicyclic) bond motifs is 1. The van der Waals surface area contributed by atoms with Gasteiger partial charge in [-0.3, -0.25) is 4.79 Å². The average molecular weight is 361 g/mol. The van der Waals surface area contributed by atoms with Crippen molar-refractivity contribution in [1.29, 1.82) is 0 Å². The van der Waals surface area contributed by atoms with Gasteiger partial charge in [0.1, 0.15) is 11.7 Å². The van der Waals surface area contributed by atoms with Crippen LogP contribution in [0.2, 0.25) is 0 Å². The van der Waals surface area contributed by atoms with E-state index in [0.29, 0.717) is 6.42 Å². The highest BCUT2D eigenvalue weighted by atomic mass is 79.9. The lowest BCUT2D eigenvalue weighted by atomic mass is 9.93. The number of hydrogen-bond donors (Lipinski definition) is 1. The van der Waals surface area contributed by atoms with Gasteiger partial charge in [-0.2, -0.15) is 0 Å². The molecule has 2 heterocycles. The van der Waals surface area contributed by atoms with Crippen molar-refractivity contribution in [1.82, 2.24) is 9.88 Å². The van der Waals surface area contributed by atoms with E-state index in [9.17, 15) is 14.7 Å². The third-order valence-corrected chi connectivity index (χ3v) is 4.21. The van der Waals surface area contributed by atoms with E-state index in [1.165, 1.54) is 11.1 Å². The topological polar surface area (TPSA) is 70.5 Å². The number of carboxylic acid groups (broad SMARTS) is 1. The molecule has 22 heavy (non-hydrogen) atoms. The molecule has 1 aliphatic heterocycles. The Balaban J connectivity index is 1.95. The fourth-order valence-corrected chi connectivity index (χ4v) is 2.84. The maximum Gasteiger partial charge on any atom is 0.326 e. The standard InChI is InChI=1S/C16H13BrN2O3/c17-12-5-6-13(18-8-12)15(20)19-9-11-4-2-1-3-10(11)7-14(19)16(21)22/h1-6,8,14H,7,9H2,(H,21,22). The minimum atomic E-state index is -1.00. The summed E-state index contributed by atoms with van der Waals surface area (Å²) < 4.78 is 0.767. The Labute approximate surface area is 135 Å². The van der Waals surface area contributed by atoms with Gasteiger partial charge in [-0.15, -0.1) is 0 Å². The molecule has 1 amide bonds. The second-order valence-electron chi connectivity index (χ2n) is 5.12. The maximum absolute atomic E-state index is 12.6. The van der Waals surface area contributed by atoms with E-state index in [2.05, 4.69) is 20.9 Å². The van der Waals surface area contributed by atoms with Gasteiger partial charge < -0.3 is 10.0 Å². The highest BCUT2D eigenvalue weighted by Crippen LogP contribution is 2.25. The summed E-state index contributed by atoms with van der Waals surface area (Å²) in [5.74, 6) is -1.37. The van der Waals surface area contributed by atoms with E-state index in [4.69, 9.17) is 0 Å². The summed E-state index contributed by atoms with van der Waals surface area (Å²) in [6.45, 7) is 0.281. The minimum absolute atomic E-state index is 0.244. The lowest BCUT2D eigenvalue weighted by Gasteiger charge is -2.34. The van der Waals surface area contributed by atoms with E-state index in [-0.39, 0.29) is 18.1 Å². The van der Waals surface area contributed by atoms with Gasteiger partial charge in [0.2, 0.25) is 0 Å². The molecule has 0 saturated carbocycles. The first kappa shape index (κ1) is 14.7. The number of hydrogen-bond acceptors (Lipinski definition) is 3. The molecule has 5 nitrogen and oxygen atoms in total. The number of amides is 1. The Bertz CT molecular complexity index is 730. The molecule has 1 aromatic heterocycles. The Kier molecular flexibility index (Phi) is 3.94. The number of carboxylic acids is 1. The number of aliphatic carboxylic acids is 1. The summed E-state index contributed by atoms with van der Waals surface area (Å²) in [5.41, 5.74) is 2.20. The van der Waals surface area contributed by atoms with Crippen LogP contribution in [0.3, 0.4) is 0 Å². The first-order valence-electron chi connectivity index (χ1n) is 6.78. The fraction of sp³-hybridized carbons (Fsp3) is 0.188. The minimum Gasteiger partial charge on any atom is -0.480 e. The van der Waals surface area contributed by atoms with E-state index in [1.54, 1.807) is 12.1 Å². The number of aromatic nitrogens is 1. The number of nitrogens with zero attached hydrogens (tertiary/aromatic N) is 2. The third-order valence-electron chi connectivity index (χ3n) is 3.74. The second-order valence-corrected chi connectivity index (χ2v) is 6.04. The van der Waals surface area contributed by atoms with Crippen LogP contribution < -0.4 is 0 Å². The largest absolute Gasteiger partial charge is 0.480 e. The van der Waals surface area contributed by atoms with Gasteiger partial charge in [0.15, 0.2) is 0 Å². The molecule has 0 saturated heterocycles. The molecule has 1 atom stereocenters. The zero-order valence-corrected chi connectivity index (χ0v) is 13.2. The number of benzene rings is 1. The van der Waals surface area contributed by atoms with Crippen molar-refractivity contribution < 1.29 is 14.7 Å². The van der Waals surface area contributed by atoms with Gasteiger partial charge >= 0.3 is 5.97 Å². The van der Waals surface area contributed by atoms with Crippen LogP contribution in [-0.4, -0.2) is 32.9 Å². The zero-order valence-electron chi connectivity index (χ0n) is 11.6. The molecule has 2 aromatic rings. The molecule has 0 spiro atoms. The smallest absolute Gasteiger partial charge is 0.326 e. The zero-order chi connectivity index (χ0) is 15.7. The van der Waals surface area contributed by atoms with Crippen LogP contribution in [0.5, 0.6) is 0 Å². The monoisotopic (exact) mass is 360 g/mol. The Morgan fingerprint density at radius 3 is 2.55 bits per heavy atom. The first-order valence-corrected chi connectivity index (χ1v) is 7.57. The van der Waals surface area contributed by atoms with Crippen LogP contribution in [0.1, 0.15) is 21.6 Å². The van der Waals surface area contributed by atoms with Gasteiger partial charge in [-0.1, -0.05) is 24.3 Å². The average Bonchev–Trinajstić information content (AvgIpc) is 2.53. The predicted molar refractivity (Wildman–Crippen MR) is 83.4 cm³/mol. The van der Waals surface area contributed by atoms with Gasteiger partial charge in [-0.25, -0.2) is 9.78 Å². The molecule has 1 unspecified atom stereocenters. The van der Waals surface area contributed by atoms with Crippen LogP contribution in [0.4, 0.5) is 0 Å². The number of rotatable bonds is 2. The second kappa shape index (κ2) is 5.88. The van der Waals surface area contributed by atoms with Crippen molar-refractivity contribution in [2.24, 2.45) is 0 Å².